The summed E-state index contributed by atoms with van der Waals surface area (Å²) in [5.41, 5.74) is 6.30. The molecular weight excluding hydrogens is 336 g/mol. The topological polar surface area (TPSA) is 72.2 Å². The quantitative estimate of drug-likeness (QED) is 0.769. The molecule has 0 saturated heterocycles. The molecular formula is C11H15BrN2O2S2. The van der Waals surface area contributed by atoms with Gasteiger partial charge in [-0.15, -0.1) is 0 Å². The van der Waals surface area contributed by atoms with Gasteiger partial charge in [-0.05, 0) is 24.1 Å². The minimum Gasteiger partial charge on any atom is -0.392 e. The fraction of sp³-hybridized carbons (Fsp3) is 0.364. The van der Waals surface area contributed by atoms with Crippen molar-refractivity contribution in [3.05, 3.63) is 34.3 Å². The van der Waals surface area contributed by atoms with Gasteiger partial charge in [0.1, 0.15) is 5.25 Å². The lowest BCUT2D eigenvalue weighted by Crippen LogP contribution is -2.41. The number of nitrogens with two attached hydrogens (primary N) is 1. The third-order valence-electron chi connectivity index (χ3n) is 2.43. The summed E-state index contributed by atoms with van der Waals surface area (Å²) < 4.78 is 27.4. The Bertz CT molecular complexity index is 532. The smallest absolute Gasteiger partial charge is 0.221 e. The molecule has 0 aliphatic rings. The number of thiocarbonyl (C=S) groups is 1. The van der Waals surface area contributed by atoms with Crippen molar-refractivity contribution in [2.75, 3.05) is 0 Å². The van der Waals surface area contributed by atoms with E-state index in [4.69, 9.17) is 18.0 Å². The van der Waals surface area contributed by atoms with Gasteiger partial charge in [0.25, 0.3) is 0 Å². The van der Waals surface area contributed by atoms with Crippen LogP contribution in [0.25, 0.3) is 0 Å². The maximum atomic E-state index is 12.0. The molecule has 0 bridgehead atoms. The first kappa shape index (κ1) is 15.6. The fourth-order valence-electron chi connectivity index (χ4n) is 1.50. The van der Waals surface area contributed by atoms with E-state index in [2.05, 4.69) is 20.7 Å². The number of sulfonamides is 1. The minimum absolute atomic E-state index is 0.000702. The molecule has 0 aliphatic carbocycles. The summed E-state index contributed by atoms with van der Waals surface area (Å²) in [6.07, 6.45) is 0.364. The zero-order valence-electron chi connectivity index (χ0n) is 9.89. The van der Waals surface area contributed by atoms with Gasteiger partial charge < -0.3 is 5.73 Å². The summed E-state index contributed by atoms with van der Waals surface area (Å²) in [6, 6.07) is 7.42. The Morgan fingerprint density at radius 2 is 2.22 bits per heavy atom. The van der Waals surface area contributed by atoms with Crippen LogP contribution in [0.1, 0.15) is 18.9 Å². The Balaban J connectivity index is 2.76. The number of hydrogen-bond donors (Lipinski definition) is 2. The Kier molecular flexibility index (Phi) is 5.71. The molecule has 0 aromatic heterocycles. The van der Waals surface area contributed by atoms with Crippen molar-refractivity contribution in [1.29, 1.82) is 0 Å². The van der Waals surface area contributed by atoms with E-state index in [1.54, 1.807) is 6.92 Å². The largest absolute Gasteiger partial charge is 0.392 e. The van der Waals surface area contributed by atoms with E-state index in [0.717, 1.165) is 10.0 Å². The first-order valence-electron chi connectivity index (χ1n) is 5.39. The lowest BCUT2D eigenvalue weighted by atomic mass is 10.2. The van der Waals surface area contributed by atoms with Crippen molar-refractivity contribution >= 4 is 43.2 Å². The molecule has 0 fully saturated rings. The molecule has 0 heterocycles. The van der Waals surface area contributed by atoms with E-state index < -0.39 is 15.3 Å². The molecule has 18 heavy (non-hydrogen) atoms. The molecule has 1 unspecified atom stereocenters. The van der Waals surface area contributed by atoms with E-state index in [-0.39, 0.29) is 11.5 Å². The third kappa shape index (κ3) is 4.31. The van der Waals surface area contributed by atoms with Crippen LogP contribution in [0, 0.1) is 0 Å². The average molecular weight is 351 g/mol. The van der Waals surface area contributed by atoms with Crippen LogP contribution in [-0.2, 0) is 16.6 Å². The monoisotopic (exact) mass is 350 g/mol. The van der Waals surface area contributed by atoms with Crippen molar-refractivity contribution in [1.82, 2.24) is 4.72 Å². The standard InChI is InChI=1S/C11H15BrN2O2S2/c1-2-10(11(13)17)18(15,16)14-7-8-4-3-5-9(12)6-8/h3-6,10,14H,2,7H2,1H3,(H2,13,17). The second kappa shape index (κ2) is 6.60. The summed E-state index contributed by atoms with van der Waals surface area (Å²) in [5, 5.41) is -0.820. The van der Waals surface area contributed by atoms with Crippen LogP contribution in [-0.4, -0.2) is 18.7 Å². The van der Waals surface area contributed by atoms with E-state index in [0.29, 0.717) is 6.42 Å². The summed E-state index contributed by atoms with van der Waals surface area (Å²) in [4.78, 5) is -0.000702. The highest BCUT2D eigenvalue weighted by Gasteiger charge is 2.25. The van der Waals surface area contributed by atoms with Crippen molar-refractivity contribution in [2.45, 2.75) is 25.1 Å². The molecule has 0 spiro atoms. The maximum absolute atomic E-state index is 12.0. The summed E-state index contributed by atoms with van der Waals surface area (Å²) >= 11 is 8.10. The Morgan fingerprint density at radius 3 is 2.72 bits per heavy atom. The molecule has 1 atom stereocenters. The number of halogens is 1. The van der Waals surface area contributed by atoms with Gasteiger partial charge in [0.15, 0.2) is 0 Å². The minimum atomic E-state index is -3.51. The summed E-state index contributed by atoms with van der Waals surface area (Å²) in [5.74, 6) is 0. The molecule has 100 valence electrons. The normalized spacial score (nSPS) is 13.2. The highest BCUT2D eigenvalue weighted by molar-refractivity contribution is 9.10. The number of nitrogens with one attached hydrogen (secondary N) is 1. The molecule has 1 rings (SSSR count). The Hall–Kier alpha value is -0.500. The van der Waals surface area contributed by atoms with Crippen LogP contribution in [0.15, 0.2) is 28.7 Å². The third-order valence-corrected chi connectivity index (χ3v) is 5.24. The molecule has 0 saturated carbocycles. The SMILES string of the molecule is CCC(C(N)=S)S(=O)(=O)NCc1cccc(Br)c1. The first-order valence-corrected chi connectivity index (χ1v) is 8.14. The second-order valence-electron chi connectivity index (χ2n) is 3.80. The van der Waals surface area contributed by atoms with Crippen LogP contribution >= 0.6 is 28.1 Å². The number of benzene rings is 1. The molecule has 0 radical (unpaired) electrons. The van der Waals surface area contributed by atoms with Crippen LogP contribution in [0.4, 0.5) is 0 Å². The van der Waals surface area contributed by atoms with Gasteiger partial charge in [-0.1, -0.05) is 47.2 Å². The van der Waals surface area contributed by atoms with Gasteiger partial charge in [0, 0.05) is 11.0 Å². The predicted octanol–water partition coefficient (Wildman–Crippen LogP) is 1.93. The van der Waals surface area contributed by atoms with Crippen LogP contribution in [0.5, 0.6) is 0 Å². The Morgan fingerprint density at radius 1 is 1.56 bits per heavy atom. The number of rotatable bonds is 6. The molecule has 1 aromatic carbocycles. The lowest BCUT2D eigenvalue weighted by molar-refractivity contribution is 0.574. The summed E-state index contributed by atoms with van der Waals surface area (Å²) in [6.45, 7) is 1.96. The van der Waals surface area contributed by atoms with Gasteiger partial charge in [-0.25, -0.2) is 13.1 Å². The molecule has 4 nitrogen and oxygen atoms in total. The van der Waals surface area contributed by atoms with E-state index in [1.165, 1.54) is 0 Å². The van der Waals surface area contributed by atoms with Crippen molar-refractivity contribution in [3.8, 4) is 0 Å². The fourth-order valence-corrected chi connectivity index (χ4v) is 3.81. The average Bonchev–Trinajstić information content (AvgIpc) is 2.26. The lowest BCUT2D eigenvalue weighted by Gasteiger charge is -2.15. The van der Waals surface area contributed by atoms with Gasteiger partial charge >= 0.3 is 0 Å². The maximum Gasteiger partial charge on any atom is 0.221 e. The van der Waals surface area contributed by atoms with Gasteiger partial charge in [0.05, 0.1) is 4.99 Å². The van der Waals surface area contributed by atoms with Gasteiger partial charge in [-0.2, -0.15) is 0 Å². The van der Waals surface area contributed by atoms with Crippen molar-refractivity contribution in [2.24, 2.45) is 5.73 Å². The summed E-state index contributed by atoms with van der Waals surface area (Å²) in [7, 11) is -3.51. The van der Waals surface area contributed by atoms with E-state index in [9.17, 15) is 8.42 Å². The number of hydrogen-bond acceptors (Lipinski definition) is 3. The van der Waals surface area contributed by atoms with Crippen LogP contribution in [0.3, 0.4) is 0 Å². The van der Waals surface area contributed by atoms with Gasteiger partial charge in [-0.3, -0.25) is 0 Å². The molecule has 3 N–H and O–H groups in total. The predicted molar refractivity (Wildman–Crippen MR) is 80.8 cm³/mol. The van der Waals surface area contributed by atoms with Crippen molar-refractivity contribution in [3.63, 3.8) is 0 Å². The molecule has 7 heteroatoms. The van der Waals surface area contributed by atoms with E-state index >= 15 is 0 Å². The highest BCUT2D eigenvalue weighted by atomic mass is 79.9. The van der Waals surface area contributed by atoms with Crippen LogP contribution in [0.2, 0.25) is 0 Å². The molecule has 0 aliphatic heterocycles. The van der Waals surface area contributed by atoms with Gasteiger partial charge in [0.2, 0.25) is 10.0 Å². The van der Waals surface area contributed by atoms with Crippen LogP contribution < -0.4 is 10.5 Å². The highest BCUT2D eigenvalue weighted by Crippen LogP contribution is 2.12. The molecule has 1 aromatic rings. The molecule has 0 amide bonds. The zero-order valence-corrected chi connectivity index (χ0v) is 13.1. The van der Waals surface area contributed by atoms with Crippen molar-refractivity contribution < 1.29 is 8.42 Å². The van der Waals surface area contributed by atoms with E-state index in [1.807, 2.05) is 24.3 Å². The Labute approximate surface area is 121 Å². The second-order valence-corrected chi connectivity index (χ2v) is 7.13. The zero-order chi connectivity index (χ0) is 13.8. The first-order chi connectivity index (χ1) is 8.36.